The van der Waals surface area contributed by atoms with Gasteiger partial charge in [-0.15, -0.1) is 0 Å². The first-order valence-corrected chi connectivity index (χ1v) is 11.4. The summed E-state index contributed by atoms with van der Waals surface area (Å²) in [7, 11) is 1.87. The number of benzene rings is 2. The van der Waals surface area contributed by atoms with E-state index in [0.29, 0.717) is 40.9 Å². The fraction of sp³-hybridized carbons (Fsp3) is 0.321. The fourth-order valence-electron chi connectivity index (χ4n) is 5.43. The lowest BCUT2D eigenvalue weighted by Gasteiger charge is -2.42. The smallest absolute Gasteiger partial charge is 0.195 e. The van der Waals surface area contributed by atoms with E-state index in [1.807, 2.05) is 25.2 Å². The van der Waals surface area contributed by atoms with Gasteiger partial charge in [-0.2, -0.15) is 0 Å². The van der Waals surface area contributed by atoms with Crippen molar-refractivity contribution in [3.05, 3.63) is 69.8 Å². The van der Waals surface area contributed by atoms with Crippen LogP contribution < -0.4 is 10.6 Å². The number of hydrogen-bond acceptors (Lipinski definition) is 6. The molecule has 6 heteroatoms. The second kappa shape index (κ2) is 8.66. The Morgan fingerprint density at radius 1 is 1.21 bits per heavy atom. The van der Waals surface area contributed by atoms with Gasteiger partial charge in [0.15, 0.2) is 5.78 Å². The predicted octanol–water partition coefficient (Wildman–Crippen LogP) is 2.06. The van der Waals surface area contributed by atoms with Crippen molar-refractivity contribution in [2.75, 3.05) is 12.4 Å². The summed E-state index contributed by atoms with van der Waals surface area (Å²) in [6.07, 6.45) is 1.67. The lowest BCUT2D eigenvalue weighted by atomic mass is 9.69. The highest BCUT2D eigenvalue weighted by Crippen LogP contribution is 2.48. The molecule has 5 rings (SSSR count). The topological polar surface area (TPSA) is 102 Å². The molecule has 1 aliphatic heterocycles. The van der Waals surface area contributed by atoms with Gasteiger partial charge in [-0.05, 0) is 48.9 Å². The van der Waals surface area contributed by atoms with Crippen LogP contribution in [-0.4, -0.2) is 46.4 Å². The highest BCUT2D eigenvalue weighted by atomic mass is 16.3. The van der Waals surface area contributed by atoms with Crippen LogP contribution in [0.4, 0.5) is 5.69 Å². The van der Waals surface area contributed by atoms with Gasteiger partial charge in [0.05, 0.1) is 23.4 Å². The Labute approximate surface area is 198 Å². The molecule has 5 atom stereocenters. The van der Waals surface area contributed by atoms with Crippen molar-refractivity contribution in [1.29, 1.82) is 0 Å². The Balaban J connectivity index is 1.71. The maximum atomic E-state index is 13.7. The van der Waals surface area contributed by atoms with Gasteiger partial charge in [0.2, 0.25) is 0 Å². The minimum absolute atomic E-state index is 0.000374. The van der Waals surface area contributed by atoms with Crippen molar-refractivity contribution in [1.82, 2.24) is 5.32 Å². The molecule has 34 heavy (non-hydrogen) atoms. The molecule has 0 spiro atoms. The number of nitrogens with one attached hydrogen (secondary N) is 2. The van der Waals surface area contributed by atoms with Crippen LogP contribution >= 0.6 is 0 Å². The number of aliphatic hydroxyl groups excluding tert-OH is 2. The van der Waals surface area contributed by atoms with Gasteiger partial charge in [-0.25, -0.2) is 0 Å². The van der Waals surface area contributed by atoms with Crippen LogP contribution in [0.5, 0.6) is 5.75 Å². The van der Waals surface area contributed by atoms with Crippen LogP contribution in [0.3, 0.4) is 0 Å². The second-order valence-corrected chi connectivity index (χ2v) is 9.06. The normalized spacial score (nSPS) is 25.7. The summed E-state index contributed by atoms with van der Waals surface area (Å²) in [5.41, 5.74) is 4.60. The average molecular weight is 455 g/mol. The number of allylic oxidation sites excluding steroid dienone is 2. The van der Waals surface area contributed by atoms with Gasteiger partial charge in [0, 0.05) is 35.9 Å². The lowest BCUT2D eigenvalue weighted by molar-refractivity contribution is 0.0646. The number of fused-ring (bicyclic) bond motifs is 7. The zero-order valence-corrected chi connectivity index (χ0v) is 19.0. The Hall–Kier alpha value is -3.55. The molecule has 2 aliphatic carbocycles. The maximum Gasteiger partial charge on any atom is 0.195 e. The zero-order chi connectivity index (χ0) is 24.0. The number of anilines is 1. The summed E-state index contributed by atoms with van der Waals surface area (Å²) in [4.78, 5) is 13.7. The van der Waals surface area contributed by atoms with Crippen LogP contribution in [0.1, 0.15) is 51.0 Å². The van der Waals surface area contributed by atoms with E-state index in [4.69, 9.17) is 0 Å². The molecule has 3 aliphatic rings. The van der Waals surface area contributed by atoms with Crippen molar-refractivity contribution in [2.24, 2.45) is 5.92 Å². The molecule has 5 N–H and O–H groups in total. The molecule has 0 saturated carbocycles. The van der Waals surface area contributed by atoms with E-state index in [0.717, 1.165) is 11.1 Å². The van der Waals surface area contributed by atoms with Crippen molar-refractivity contribution in [3.8, 4) is 29.4 Å². The molecular weight excluding hydrogens is 428 g/mol. The fourth-order valence-corrected chi connectivity index (χ4v) is 5.43. The van der Waals surface area contributed by atoms with Crippen molar-refractivity contribution >= 4 is 11.5 Å². The van der Waals surface area contributed by atoms with Gasteiger partial charge in [0.1, 0.15) is 11.9 Å². The molecule has 172 valence electrons. The largest absolute Gasteiger partial charge is 0.508 e. The molecule has 0 radical (unpaired) electrons. The SMILES string of the molecule is CNCc1ccc2c(c1)Cc1c(O)cc3c(c1C2=O)N[C@H]1C#C/C=C\C#C[C@@H](O)C3C1[C@@H](C)O. The minimum atomic E-state index is -1.11. The molecule has 2 aromatic rings. The van der Waals surface area contributed by atoms with Crippen LogP contribution in [-0.2, 0) is 13.0 Å². The highest BCUT2D eigenvalue weighted by molar-refractivity contribution is 6.16. The molecule has 0 aromatic heterocycles. The Bertz CT molecular complexity index is 1340. The molecule has 2 unspecified atom stereocenters. The number of carbonyl (C=O) groups excluding carboxylic acids is 1. The van der Waals surface area contributed by atoms with Crippen LogP contribution in [0, 0.1) is 29.6 Å². The summed E-state index contributed by atoms with van der Waals surface area (Å²) in [6, 6.07) is 6.85. The van der Waals surface area contributed by atoms with Crippen molar-refractivity contribution in [3.63, 3.8) is 0 Å². The molecule has 2 bridgehead atoms. The van der Waals surface area contributed by atoms with Crippen molar-refractivity contribution < 1.29 is 20.1 Å². The maximum absolute atomic E-state index is 13.7. The second-order valence-electron chi connectivity index (χ2n) is 9.06. The predicted molar refractivity (Wildman–Crippen MR) is 130 cm³/mol. The van der Waals surface area contributed by atoms with E-state index in [-0.39, 0.29) is 11.5 Å². The summed E-state index contributed by atoms with van der Waals surface area (Å²) in [6.45, 7) is 2.34. The van der Waals surface area contributed by atoms with Crippen LogP contribution in [0.15, 0.2) is 36.4 Å². The highest BCUT2D eigenvalue weighted by Gasteiger charge is 2.45. The summed E-state index contributed by atoms with van der Waals surface area (Å²) < 4.78 is 0. The lowest BCUT2D eigenvalue weighted by Crippen LogP contribution is -2.47. The minimum Gasteiger partial charge on any atom is -0.508 e. The number of phenols is 1. The first-order chi connectivity index (χ1) is 16.4. The summed E-state index contributed by atoms with van der Waals surface area (Å²) in [5, 5.41) is 39.2. The molecule has 2 aromatic carbocycles. The number of aliphatic hydroxyl groups is 2. The average Bonchev–Trinajstić information content (AvgIpc) is 2.80. The number of phenolic OH excluding ortho intramolecular Hbond substituents is 1. The molecule has 0 saturated heterocycles. The molecule has 0 fully saturated rings. The Kier molecular flexibility index (Phi) is 5.67. The number of hydrogen-bond donors (Lipinski definition) is 5. The van der Waals surface area contributed by atoms with Crippen LogP contribution in [0.25, 0.3) is 0 Å². The standard InChI is InChI=1S/C28H26N2O4/c1-15(31)24-21-7-5-3-4-6-8-22(32)25(24)20-13-23(33)19-12-17-11-16(14-29-2)9-10-18(17)28(34)26(19)27(20)30-21/h3-4,9-11,13,15,21-22,24-25,29-33H,12,14H2,1-2H3/b4-3-/t15-,21+,22-,24?,25?/m1/s1. The van der Waals surface area contributed by atoms with Gasteiger partial charge in [-0.1, -0.05) is 41.9 Å². The molecule has 1 heterocycles. The Morgan fingerprint density at radius 3 is 2.71 bits per heavy atom. The van der Waals surface area contributed by atoms with E-state index in [1.54, 1.807) is 25.1 Å². The van der Waals surface area contributed by atoms with E-state index in [2.05, 4.69) is 34.3 Å². The third kappa shape index (κ3) is 3.57. The van der Waals surface area contributed by atoms with Gasteiger partial charge >= 0.3 is 0 Å². The number of ketones is 1. The molecular formula is C28H26N2O4. The monoisotopic (exact) mass is 454 g/mol. The van der Waals surface area contributed by atoms with Gasteiger partial charge in [0.25, 0.3) is 0 Å². The van der Waals surface area contributed by atoms with E-state index >= 15 is 0 Å². The Morgan fingerprint density at radius 2 is 1.97 bits per heavy atom. The first kappa shape index (κ1) is 22.3. The van der Waals surface area contributed by atoms with E-state index < -0.39 is 30.1 Å². The summed E-state index contributed by atoms with van der Waals surface area (Å²) >= 11 is 0. The molecule has 6 nitrogen and oxygen atoms in total. The summed E-state index contributed by atoms with van der Waals surface area (Å²) in [5.74, 6) is 10.4. The van der Waals surface area contributed by atoms with E-state index in [9.17, 15) is 20.1 Å². The first-order valence-electron chi connectivity index (χ1n) is 11.4. The number of carbonyl (C=O) groups is 1. The molecule has 0 amide bonds. The van der Waals surface area contributed by atoms with E-state index in [1.165, 1.54) is 0 Å². The van der Waals surface area contributed by atoms with Gasteiger partial charge < -0.3 is 26.0 Å². The quantitative estimate of drug-likeness (QED) is 0.307. The number of aromatic hydroxyl groups is 1. The van der Waals surface area contributed by atoms with Crippen molar-refractivity contribution in [2.45, 2.75) is 44.1 Å². The third-order valence-electron chi connectivity index (χ3n) is 6.91. The van der Waals surface area contributed by atoms with Crippen LogP contribution in [0.2, 0.25) is 0 Å². The van der Waals surface area contributed by atoms with Gasteiger partial charge in [-0.3, -0.25) is 4.79 Å². The third-order valence-corrected chi connectivity index (χ3v) is 6.91. The zero-order valence-electron chi connectivity index (χ0n) is 19.0. The number of rotatable bonds is 3.